The Kier molecular flexibility index (Phi) is 5.26. The van der Waals surface area contributed by atoms with Crippen molar-refractivity contribution in [2.24, 2.45) is 40.4 Å². The van der Waals surface area contributed by atoms with Crippen LogP contribution in [-0.2, 0) is 0 Å². The maximum Gasteiger partial charge on any atom is 0.0577 e. The molecule has 0 aromatic heterocycles. The van der Waals surface area contributed by atoms with Crippen LogP contribution in [0, 0.1) is 52.8 Å². The summed E-state index contributed by atoms with van der Waals surface area (Å²) in [5.41, 5.74) is 2.55. The van der Waals surface area contributed by atoms with Crippen LogP contribution in [0.15, 0.2) is 11.6 Å². The zero-order chi connectivity index (χ0) is 19.2. The van der Waals surface area contributed by atoms with Crippen molar-refractivity contribution in [2.45, 2.75) is 97.5 Å². The predicted molar refractivity (Wildman–Crippen MR) is 113 cm³/mol. The Labute approximate surface area is 167 Å². The number of fused-ring (bicyclic) bond motifs is 5. The molecule has 4 aliphatic carbocycles. The van der Waals surface area contributed by atoms with E-state index in [1.54, 1.807) is 5.57 Å². The molecule has 0 radical (unpaired) electrons. The Balaban J connectivity index is 1.48. The topological polar surface area (TPSA) is 20.2 Å². The molecule has 0 heterocycles. The Morgan fingerprint density at radius 3 is 2.78 bits per heavy atom. The van der Waals surface area contributed by atoms with Crippen molar-refractivity contribution in [3.63, 3.8) is 0 Å². The Hall–Kier alpha value is -0.740. The highest BCUT2D eigenvalue weighted by Crippen LogP contribution is 2.66. The number of hydrogen-bond acceptors (Lipinski definition) is 1. The Morgan fingerprint density at radius 2 is 2.00 bits per heavy atom. The molecule has 0 amide bonds. The second kappa shape index (κ2) is 7.26. The lowest BCUT2D eigenvalue weighted by Gasteiger charge is -2.58. The quantitative estimate of drug-likeness (QED) is 0.452. The minimum atomic E-state index is -0.0870. The van der Waals surface area contributed by atoms with Gasteiger partial charge in [0, 0.05) is 5.92 Å². The number of hydrogen-bond donors (Lipinski definition) is 1. The minimum Gasteiger partial charge on any atom is -0.393 e. The van der Waals surface area contributed by atoms with E-state index in [0.717, 1.165) is 36.5 Å². The van der Waals surface area contributed by atoms with E-state index in [9.17, 15) is 5.11 Å². The normalized spacial score (nSPS) is 47.2. The van der Waals surface area contributed by atoms with Crippen molar-refractivity contribution in [1.82, 2.24) is 0 Å². The van der Waals surface area contributed by atoms with E-state index in [1.807, 2.05) is 0 Å². The smallest absolute Gasteiger partial charge is 0.0577 e. The molecule has 0 aliphatic heterocycles. The highest BCUT2D eigenvalue weighted by Gasteiger charge is 2.58. The first-order valence-corrected chi connectivity index (χ1v) is 11.7. The van der Waals surface area contributed by atoms with Gasteiger partial charge in [-0.15, -0.1) is 12.3 Å². The zero-order valence-electron chi connectivity index (χ0n) is 17.8. The van der Waals surface area contributed by atoms with Crippen LogP contribution in [0.4, 0.5) is 0 Å². The lowest BCUT2D eigenvalue weighted by atomic mass is 9.47. The number of aliphatic hydroxyl groups is 1. The summed E-state index contributed by atoms with van der Waals surface area (Å²) in [4.78, 5) is 0. The molecule has 0 aromatic rings. The van der Waals surface area contributed by atoms with Crippen LogP contribution < -0.4 is 0 Å². The van der Waals surface area contributed by atoms with Gasteiger partial charge in [0.15, 0.2) is 0 Å². The first-order chi connectivity index (χ1) is 12.9. The van der Waals surface area contributed by atoms with Gasteiger partial charge in [0.25, 0.3) is 0 Å². The van der Waals surface area contributed by atoms with E-state index in [-0.39, 0.29) is 6.10 Å². The van der Waals surface area contributed by atoms with Gasteiger partial charge in [0.2, 0.25) is 0 Å². The fraction of sp³-hybridized carbons (Fsp3) is 0.846. The van der Waals surface area contributed by atoms with Crippen molar-refractivity contribution in [3.05, 3.63) is 11.6 Å². The van der Waals surface area contributed by atoms with Gasteiger partial charge in [-0.25, -0.2) is 0 Å². The van der Waals surface area contributed by atoms with Gasteiger partial charge in [-0.1, -0.05) is 38.8 Å². The molecule has 7 unspecified atom stereocenters. The van der Waals surface area contributed by atoms with Crippen LogP contribution in [0.5, 0.6) is 0 Å². The number of terminal acetylenes is 1. The van der Waals surface area contributed by atoms with Crippen molar-refractivity contribution < 1.29 is 5.11 Å². The van der Waals surface area contributed by atoms with Crippen LogP contribution >= 0.6 is 0 Å². The predicted octanol–water partition coefficient (Wildman–Crippen LogP) is 6.37. The molecule has 0 spiro atoms. The number of allylic oxidation sites excluding steroid dienone is 1. The molecule has 1 N–H and O–H groups in total. The Bertz CT molecular complexity index is 627. The van der Waals surface area contributed by atoms with Gasteiger partial charge in [-0.2, -0.15) is 0 Å². The lowest BCUT2D eigenvalue weighted by molar-refractivity contribution is -0.0509. The molecule has 0 aromatic carbocycles. The van der Waals surface area contributed by atoms with Gasteiger partial charge in [-0.3, -0.25) is 0 Å². The number of aliphatic hydroxyl groups excluding tert-OH is 1. The molecule has 3 saturated carbocycles. The molecule has 8 atom stereocenters. The lowest BCUT2D eigenvalue weighted by Crippen LogP contribution is -2.50. The van der Waals surface area contributed by atoms with E-state index in [0.29, 0.717) is 16.7 Å². The highest BCUT2D eigenvalue weighted by molar-refractivity contribution is 5.25. The second-order valence-electron chi connectivity index (χ2n) is 11.0. The first-order valence-electron chi connectivity index (χ1n) is 11.7. The molecule has 4 rings (SSSR count). The molecular formula is C26H40O. The van der Waals surface area contributed by atoms with Gasteiger partial charge in [0.05, 0.1) is 6.10 Å². The van der Waals surface area contributed by atoms with Crippen molar-refractivity contribution >= 4 is 0 Å². The first kappa shape index (κ1) is 19.6. The summed E-state index contributed by atoms with van der Waals surface area (Å²) in [6.45, 7) is 7.37. The average molecular weight is 369 g/mol. The Morgan fingerprint density at radius 1 is 1.19 bits per heavy atom. The van der Waals surface area contributed by atoms with E-state index >= 15 is 0 Å². The maximum absolute atomic E-state index is 10.2. The van der Waals surface area contributed by atoms with Crippen LogP contribution in [0.2, 0.25) is 0 Å². The van der Waals surface area contributed by atoms with Gasteiger partial charge < -0.3 is 5.11 Å². The van der Waals surface area contributed by atoms with Gasteiger partial charge >= 0.3 is 0 Å². The summed E-state index contributed by atoms with van der Waals surface area (Å²) in [6, 6.07) is 0. The third-order valence-corrected chi connectivity index (χ3v) is 9.75. The molecule has 1 nitrogen and oxygen atoms in total. The van der Waals surface area contributed by atoms with E-state index in [4.69, 9.17) is 6.42 Å². The molecule has 27 heavy (non-hydrogen) atoms. The average Bonchev–Trinajstić information content (AvgIpc) is 2.99. The molecule has 150 valence electrons. The van der Waals surface area contributed by atoms with Gasteiger partial charge in [0.1, 0.15) is 0 Å². The second-order valence-corrected chi connectivity index (χ2v) is 11.0. The molecular weight excluding hydrogens is 328 g/mol. The standard InChI is InChI=1S/C26H40O/c1-5-18(2)7-6-8-19-10-12-23-22-11-9-20-17-21(27)13-15-26(20,4)24(22)14-16-25(19,23)3/h1,9,18-19,21-24,27H,6-8,10-17H2,2-4H3/t18?,19-,21?,22?,23?,24?,25?,26?/m0/s1. The zero-order valence-corrected chi connectivity index (χ0v) is 17.8. The third-order valence-electron chi connectivity index (χ3n) is 9.75. The van der Waals surface area contributed by atoms with Crippen LogP contribution in [0.1, 0.15) is 91.4 Å². The van der Waals surface area contributed by atoms with Crippen LogP contribution in [0.3, 0.4) is 0 Å². The SMILES string of the molecule is C#CC(C)CCC[C@H]1CCC2C3CC=C4CC(O)CCC4(C)C3CCC21C. The molecule has 4 aliphatic rings. The summed E-state index contributed by atoms with van der Waals surface area (Å²) in [7, 11) is 0. The fourth-order valence-electron chi connectivity index (χ4n) is 7.98. The highest BCUT2D eigenvalue weighted by atomic mass is 16.3. The van der Waals surface area contributed by atoms with E-state index in [1.165, 1.54) is 57.8 Å². The van der Waals surface area contributed by atoms with Crippen molar-refractivity contribution in [2.75, 3.05) is 0 Å². The molecule has 0 saturated heterocycles. The van der Waals surface area contributed by atoms with E-state index < -0.39 is 0 Å². The summed E-state index contributed by atoms with van der Waals surface area (Å²) < 4.78 is 0. The van der Waals surface area contributed by atoms with Crippen molar-refractivity contribution in [3.8, 4) is 12.3 Å². The summed E-state index contributed by atoms with van der Waals surface area (Å²) in [5, 5.41) is 10.2. The van der Waals surface area contributed by atoms with Crippen LogP contribution in [-0.4, -0.2) is 11.2 Å². The van der Waals surface area contributed by atoms with E-state index in [2.05, 4.69) is 32.8 Å². The molecule has 1 heteroatoms. The molecule has 0 bridgehead atoms. The molecule has 3 fully saturated rings. The van der Waals surface area contributed by atoms with Gasteiger partial charge in [-0.05, 0) is 98.7 Å². The largest absolute Gasteiger partial charge is 0.393 e. The van der Waals surface area contributed by atoms with Crippen LogP contribution in [0.25, 0.3) is 0 Å². The maximum atomic E-state index is 10.2. The fourth-order valence-corrected chi connectivity index (χ4v) is 7.98. The third kappa shape index (κ3) is 3.21. The summed E-state index contributed by atoms with van der Waals surface area (Å²) in [5.74, 6) is 6.94. The summed E-state index contributed by atoms with van der Waals surface area (Å²) in [6.07, 6.45) is 22.1. The number of rotatable bonds is 4. The van der Waals surface area contributed by atoms with Crippen molar-refractivity contribution in [1.29, 1.82) is 0 Å². The monoisotopic (exact) mass is 368 g/mol. The minimum absolute atomic E-state index is 0.0870. The summed E-state index contributed by atoms with van der Waals surface area (Å²) >= 11 is 0.